The Balaban J connectivity index is 2.21. The molecular formula is C13H15N3. The molecule has 0 spiro atoms. The van der Waals surface area contributed by atoms with E-state index in [4.69, 9.17) is 0 Å². The summed E-state index contributed by atoms with van der Waals surface area (Å²) in [7, 11) is 0. The van der Waals surface area contributed by atoms with Gasteiger partial charge in [0.25, 0.3) is 0 Å². The van der Waals surface area contributed by atoms with Crippen LogP contribution in [0.4, 0.5) is 17.2 Å². The molecule has 0 unspecified atom stereocenters. The SMILES string of the molecule is CCNc1ncccc1Nc1ccccc1. The molecule has 16 heavy (non-hydrogen) atoms. The Kier molecular flexibility index (Phi) is 3.38. The van der Waals surface area contributed by atoms with Gasteiger partial charge >= 0.3 is 0 Å². The molecule has 0 saturated carbocycles. The van der Waals surface area contributed by atoms with E-state index in [2.05, 4.69) is 22.5 Å². The maximum atomic E-state index is 4.29. The lowest BCUT2D eigenvalue weighted by atomic mass is 10.3. The minimum Gasteiger partial charge on any atom is -0.369 e. The first-order chi connectivity index (χ1) is 7.90. The molecule has 0 aliphatic carbocycles. The first-order valence-electron chi connectivity index (χ1n) is 5.41. The third-order valence-electron chi connectivity index (χ3n) is 2.20. The summed E-state index contributed by atoms with van der Waals surface area (Å²) in [4.78, 5) is 4.29. The number of anilines is 3. The summed E-state index contributed by atoms with van der Waals surface area (Å²) in [6.07, 6.45) is 1.79. The molecule has 3 heteroatoms. The maximum absolute atomic E-state index is 4.29. The molecule has 0 atom stereocenters. The molecule has 2 N–H and O–H groups in total. The fraction of sp³-hybridized carbons (Fsp3) is 0.154. The topological polar surface area (TPSA) is 37.0 Å². The summed E-state index contributed by atoms with van der Waals surface area (Å²) in [5, 5.41) is 6.56. The average molecular weight is 213 g/mol. The van der Waals surface area contributed by atoms with E-state index in [1.165, 1.54) is 0 Å². The van der Waals surface area contributed by atoms with Crippen LogP contribution in [0.5, 0.6) is 0 Å². The maximum Gasteiger partial charge on any atom is 0.149 e. The van der Waals surface area contributed by atoms with E-state index < -0.39 is 0 Å². The summed E-state index contributed by atoms with van der Waals surface area (Å²) in [6.45, 7) is 2.92. The zero-order valence-corrected chi connectivity index (χ0v) is 9.27. The average Bonchev–Trinajstić information content (AvgIpc) is 2.33. The van der Waals surface area contributed by atoms with Crippen LogP contribution in [0, 0.1) is 0 Å². The van der Waals surface area contributed by atoms with Crippen LogP contribution in [0.1, 0.15) is 6.92 Å². The molecule has 2 rings (SSSR count). The molecular weight excluding hydrogens is 198 g/mol. The van der Waals surface area contributed by atoms with Crippen molar-refractivity contribution in [1.29, 1.82) is 0 Å². The molecule has 0 fully saturated rings. The number of pyridine rings is 1. The molecule has 1 aromatic heterocycles. The number of rotatable bonds is 4. The molecule has 0 radical (unpaired) electrons. The molecule has 0 aliphatic heterocycles. The van der Waals surface area contributed by atoms with E-state index in [0.29, 0.717) is 0 Å². The van der Waals surface area contributed by atoms with Crippen LogP contribution in [0.3, 0.4) is 0 Å². The highest BCUT2D eigenvalue weighted by Crippen LogP contribution is 2.22. The second-order valence-electron chi connectivity index (χ2n) is 3.42. The van der Waals surface area contributed by atoms with Gasteiger partial charge in [0.15, 0.2) is 0 Å². The van der Waals surface area contributed by atoms with Crippen molar-refractivity contribution in [1.82, 2.24) is 4.98 Å². The Morgan fingerprint density at radius 2 is 1.88 bits per heavy atom. The third-order valence-corrected chi connectivity index (χ3v) is 2.20. The summed E-state index contributed by atoms with van der Waals surface area (Å²) < 4.78 is 0. The summed E-state index contributed by atoms with van der Waals surface area (Å²) in [5.41, 5.74) is 2.06. The highest BCUT2D eigenvalue weighted by Gasteiger charge is 2.01. The fourth-order valence-electron chi connectivity index (χ4n) is 1.49. The smallest absolute Gasteiger partial charge is 0.149 e. The monoisotopic (exact) mass is 213 g/mol. The minimum absolute atomic E-state index is 0.862. The normalized spacial score (nSPS) is 9.81. The second-order valence-corrected chi connectivity index (χ2v) is 3.42. The first-order valence-corrected chi connectivity index (χ1v) is 5.41. The highest BCUT2D eigenvalue weighted by atomic mass is 15.0. The van der Waals surface area contributed by atoms with Crippen LogP contribution in [0.15, 0.2) is 48.7 Å². The highest BCUT2D eigenvalue weighted by molar-refractivity contribution is 5.70. The van der Waals surface area contributed by atoms with Crippen molar-refractivity contribution >= 4 is 17.2 Å². The largest absolute Gasteiger partial charge is 0.369 e. The van der Waals surface area contributed by atoms with Gasteiger partial charge in [0.1, 0.15) is 5.82 Å². The number of aromatic nitrogens is 1. The number of hydrogen-bond donors (Lipinski definition) is 2. The Labute approximate surface area is 95.5 Å². The molecule has 0 amide bonds. The van der Waals surface area contributed by atoms with Gasteiger partial charge in [0, 0.05) is 18.4 Å². The molecule has 82 valence electrons. The Morgan fingerprint density at radius 1 is 1.06 bits per heavy atom. The number of para-hydroxylation sites is 1. The van der Waals surface area contributed by atoms with Crippen molar-refractivity contribution in [3.63, 3.8) is 0 Å². The predicted octanol–water partition coefficient (Wildman–Crippen LogP) is 3.26. The first kappa shape index (κ1) is 10.5. The standard InChI is InChI=1S/C13H15N3/c1-2-14-13-12(9-6-10-15-13)16-11-7-4-3-5-8-11/h3-10,16H,2H2,1H3,(H,14,15). The van der Waals surface area contributed by atoms with Gasteiger partial charge in [0.2, 0.25) is 0 Å². The summed E-state index contributed by atoms with van der Waals surface area (Å²) in [6, 6.07) is 14.0. The molecule has 2 aromatic rings. The zero-order chi connectivity index (χ0) is 11.2. The van der Waals surface area contributed by atoms with Crippen LogP contribution in [0.25, 0.3) is 0 Å². The van der Waals surface area contributed by atoms with Gasteiger partial charge in [-0.3, -0.25) is 0 Å². The number of benzene rings is 1. The Morgan fingerprint density at radius 3 is 2.62 bits per heavy atom. The van der Waals surface area contributed by atoms with Crippen LogP contribution < -0.4 is 10.6 Å². The van der Waals surface area contributed by atoms with Gasteiger partial charge in [0.05, 0.1) is 5.69 Å². The Bertz CT molecular complexity index is 440. The molecule has 1 aromatic carbocycles. The van der Waals surface area contributed by atoms with Crippen LogP contribution >= 0.6 is 0 Å². The number of nitrogens with zero attached hydrogens (tertiary/aromatic N) is 1. The van der Waals surface area contributed by atoms with E-state index in [1.54, 1.807) is 6.20 Å². The van der Waals surface area contributed by atoms with Gasteiger partial charge in [-0.2, -0.15) is 0 Å². The van der Waals surface area contributed by atoms with Crippen molar-refractivity contribution in [2.45, 2.75) is 6.92 Å². The van der Waals surface area contributed by atoms with Gasteiger partial charge in [-0.1, -0.05) is 18.2 Å². The van der Waals surface area contributed by atoms with Crippen molar-refractivity contribution in [2.75, 3.05) is 17.2 Å². The van der Waals surface area contributed by atoms with E-state index in [9.17, 15) is 0 Å². The lowest BCUT2D eigenvalue weighted by molar-refractivity contribution is 1.16. The molecule has 0 bridgehead atoms. The third kappa shape index (κ3) is 2.51. The van der Waals surface area contributed by atoms with Gasteiger partial charge in [-0.05, 0) is 31.2 Å². The van der Waals surface area contributed by atoms with E-state index >= 15 is 0 Å². The molecule has 0 saturated heterocycles. The van der Waals surface area contributed by atoms with Crippen LogP contribution in [0.2, 0.25) is 0 Å². The molecule has 0 aliphatic rings. The van der Waals surface area contributed by atoms with E-state index in [0.717, 1.165) is 23.7 Å². The van der Waals surface area contributed by atoms with Gasteiger partial charge in [-0.25, -0.2) is 4.98 Å². The molecule has 1 heterocycles. The second kappa shape index (κ2) is 5.16. The van der Waals surface area contributed by atoms with Crippen molar-refractivity contribution in [2.24, 2.45) is 0 Å². The lowest BCUT2D eigenvalue weighted by Gasteiger charge is -2.11. The summed E-state index contributed by atoms with van der Waals surface area (Å²) in [5.74, 6) is 0.883. The zero-order valence-electron chi connectivity index (χ0n) is 9.27. The van der Waals surface area contributed by atoms with Crippen molar-refractivity contribution in [3.05, 3.63) is 48.7 Å². The summed E-state index contributed by atoms with van der Waals surface area (Å²) >= 11 is 0. The van der Waals surface area contributed by atoms with Crippen LogP contribution in [-0.4, -0.2) is 11.5 Å². The molecule has 3 nitrogen and oxygen atoms in total. The van der Waals surface area contributed by atoms with Gasteiger partial charge < -0.3 is 10.6 Å². The van der Waals surface area contributed by atoms with Gasteiger partial charge in [-0.15, -0.1) is 0 Å². The van der Waals surface area contributed by atoms with Crippen LogP contribution in [-0.2, 0) is 0 Å². The minimum atomic E-state index is 0.862. The number of nitrogens with one attached hydrogen (secondary N) is 2. The fourth-order valence-corrected chi connectivity index (χ4v) is 1.49. The van der Waals surface area contributed by atoms with Crippen molar-refractivity contribution in [3.8, 4) is 0 Å². The predicted molar refractivity (Wildman–Crippen MR) is 68.1 cm³/mol. The van der Waals surface area contributed by atoms with Crippen molar-refractivity contribution < 1.29 is 0 Å². The Hall–Kier alpha value is -2.03. The van der Waals surface area contributed by atoms with E-state index in [1.807, 2.05) is 42.5 Å². The number of hydrogen-bond acceptors (Lipinski definition) is 3. The lowest BCUT2D eigenvalue weighted by Crippen LogP contribution is -2.02. The quantitative estimate of drug-likeness (QED) is 0.818. The van der Waals surface area contributed by atoms with E-state index in [-0.39, 0.29) is 0 Å².